The van der Waals surface area contributed by atoms with Gasteiger partial charge < -0.3 is 9.94 Å². The molecule has 3 aliphatic carbocycles. The van der Waals surface area contributed by atoms with Gasteiger partial charge in [0.05, 0.1) is 16.9 Å². The average molecular weight is 368 g/mol. The lowest BCUT2D eigenvalue weighted by Crippen LogP contribution is -3.02. The third kappa shape index (κ3) is 2.97. The zero-order chi connectivity index (χ0) is 17.3. The molecule has 6 heteroatoms. The smallest absolute Gasteiger partial charge is 0.161 e. The van der Waals surface area contributed by atoms with E-state index >= 15 is 0 Å². The van der Waals surface area contributed by atoms with Crippen LogP contribution in [0.25, 0.3) is 0 Å². The highest BCUT2D eigenvalue weighted by molar-refractivity contribution is 6.34. The first-order chi connectivity index (χ1) is 11.5. The van der Waals surface area contributed by atoms with Gasteiger partial charge in [0.1, 0.15) is 0 Å². The molecular formula is C18H19Cl2NO3. The van der Waals surface area contributed by atoms with Crippen LogP contribution in [0.2, 0.25) is 0 Å². The molecule has 0 amide bonds. The molecule has 0 heterocycles. The van der Waals surface area contributed by atoms with Gasteiger partial charge in [-0.15, -0.1) is 23.9 Å². The largest absolute Gasteiger partial charge is 0.595 e. The monoisotopic (exact) mass is 367 g/mol. The molecule has 1 fully saturated rings. The number of quaternary nitrogens is 1. The number of allylic oxidation sites excluding steroid dienone is 5. The van der Waals surface area contributed by atoms with E-state index in [2.05, 4.69) is 12.0 Å². The van der Waals surface area contributed by atoms with Gasteiger partial charge in [-0.2, -0.15) is 5.23 Å². The standard InChI is InChI=1S/C18H19Cl2NO3/c1-2-3-4-9-24-14-7-5-12(6-8-14)18-15(17(18)20)10-13(21(22)23)11-16(18)19/h1,5-7,10-11,14-15,17,21-22H,3-4,8-9H2. The zero-order valence-electron chi connectivity index (χ0n) is 13.0. The molecule has 3 rings (SSSR count). The maximum absolute atomic E-state index is 11.2. The topological polar surface area (TPSA) is 57.0 Å². The van der Waals surface area contributed by atoms with E-state index in [1.807, 2.05) is 12.2 Å². The molecule has 128 valence electrons. The molecule has 5 unspecified atom stereocenters. The molecule has 0 saturated heterocycles. The number of alkyl halides is 1. The summed E-state index contributed by atoms with van der Waals surface area (Å²) in [5, 5.41) is 19.6. The third-order valence-electron chi connectivity index (χ3n) is 4.79. The fraction of sp³-hybridized carbons (Fsp3) is 0.444. The fourth-order valence-electron chi connectivity index (χ4n) is 3.44. The number of unbranched alkanes of at least 4 members (excludes halogenated alkanes) is 1. The molecule has 0 aromatic heterocycles. The lowest BCUT2D eigenvalue weighted by Gasteiger charge is -2.26. The van der Waals surface area contributed by atoms with Crippen molar-refractivity contribution in [3.8, 4) is 12.3 Å². The van der Waals surface area contributed by atoms with Crippen LogP contribution in [0.3, 0.4) is 0 Å². The van der Waals surface area contributed by atoms with E-state index in [4.69, 9.17) is 39.6 Å². The van der Waals surface area contributed by atoms with Crippen LogP contribution in [0, 0.1) is 28.9 Å². The summed E-state index contributed by atoms with van der Waals surface area (Å²) in [6, 6.07) is 0. The van der Waals surface area contributed by atoms with Crippen molar-refractivity contribution in [3.05, 3.63) is 51.9 Å². The molecule has 24 heavy (non-hydrogen) atoms. The molecule has 0 spiro atoms. The number of rotatable bonds is 6. The van der Waals surface area contributed by atoms with Crippen molar-refractivity contribution in [2.75, 3.05) is 6.61 Å². The SMILES string of the molecule is C#CCCCOC1C=CC(C23C(Cl)=CC([NH+]([O-])O)=CC2C3Cl)=CC1. The molecule has 5 atom stereocenters. The Kier molecular flexibility index (Phi) is 5.22. The summed E-state index contributed by atoms with van der Waals surface area (Å²) >= 11 is 12.9. The summed E-state index contributed by atoms with van der Waals surface area (Å²) in [7, 11) is 0. The lowest BCUT2D eigenvalue weighted by atomic mass is 9.85. The Hall–Kier alpha value is -1.06. The van der Waals surface area contributed by atoms with E-state index in [1.165, 1.54) is 6.08 Å². The Morgan fingerprint density at radius 2 is 2.33 bits per heavy atom. The summed E-state index contributed by atoms with van der Waals surface area (Å²) in [5.41, 5.74) is 0.768. The number of ether oxygens (including phenoxy) is 1. The van der Waals surface area contributed by atoms with Crippen molar-refractivity contribution in [2.24, 2.45) is 11.3 Å². The van der Waals surface area contributed by atoms with E-state index in [9.17, 15) is 5.21 Å². The molecule has 0 bridgehead atoms. The molecule has 0 aromatic rings. The van der Waals surface area contributed by atoms with Crippen molar-refractivity contribution in [3.63, 3.8) is 0 Å². The highest BCUT2D eigenvalue weighted by Crippen LogP contribution is 2.69. The number of halogens is 2. The summed E-state index contributed by atoms with van der Waals surface area (Å²) < 4.78 is 5.77. The highest BCUT2D eigenvalue weighted by Gasteiger charge is 2.68. The first-order valence-corrected chi connectivity index (χ1v) is 8.74. The number of hydrogen-bond acceptors (Lipinski definition) is 3. The normalized spacial score (nSPS) is 35.3. The Bertz CT molecular complexity index is 674. The van der Waals surface area contributed by atoms with E-state index in [0.717, 1.165) is 24.8 Å². The Morgan fingerprint density at radius 3 is 2.92 bits per heavy atom. The minimum absolute atomic E-state index is 0.0327. The minimum atomic E-state index is -0.980. The van der Waals surface area contributed by atoms with Crippen molar-refractivity contribution in [2.45, 2.75) is 30.7 Å². The van der Waals surface area contributed by atoms with Gasteiger partial charge >= 0.3 is 0 Å². The van der Waals surface area contributed by atoms with Crippen LogP contribution in [0.4, 0.5) is 0 Å². The molecule has 2 N–H and O–H groups in total. The van der Waals surface area contributed by atoms with Gasteiger partial charge in [0.25, 0.3) is 0 Å². The maximum atomic E-state index is 11.2. The average Bonchev–Trinajstić information content (AvgIpc) is 3.18. The Balaban J connectivity index is 1.67. The van der Waals surface area contributed by atoms with Gasteiger partial charge in [-0.05, 0) is 24.5 Å². The van der Waals surface area contributed by atoms with Crippen LogP contribution < -0.4 is 5.23 Å². The number of terminal acetylenes is 1. The number of nitrogens with one attached hydrogen (secondary N) is 1. The fourth-order valence-corrected chi connectivity index (χ4v) is 4.55. The van der Waals surface area contributed by atoms with Gasteiger partial charge in [0.2, 0.25) is 0 Å². The summed E-state index contributed by atoms with van der Waals surface area (Å²) in [6.45, 7) is 0.639. The minimum Gasteiger partial charge on any atom is -0.595 e. The van der Waals surface area contributed by atoms with E-state index in [1.54, 1.807) is 6.08 Å². The summed E-state index contributed by atoms with van der Waals surface area (Å²) in [4.78, 5) is 0. The predicted octanol–water partition coefficient (Wildman–Crippen LogP) is 2.69. The Morgan fingerprint density at radius 1 is 1.54 bits per heavy atom. The van der Waals surface area contributed by atoms with Gasteiger partial charge in [-0.25, -0.2) is 5.21 Å². The third-order valence-corrected chi connectivity index (χ3v) is 5.82. The van der Waals surface area contributed by atoms with Gasteiger partial charge in [0.15, 0.2) is 5.70 Å². The van der Waals surface area contributed by atoms with Crippen LogP contribution in [-0.4, -0.2) is 23.3 Å². The number of hydroxylamine groups is 2. The second-order valence-corrected chi connectivity index (χ2v) is 7.06. The van der Waals surface area contributed by atoms with Crippen molar-refractivity contribution in [1.82, 2.24) is 0 Å². The van der Waals surface area contributed by atoms with E-state index in [-0.39, 0.29) is 23.1 Å². The predicted molar refractivity (Wildman–Crippen MR) is 93.3 cm³/mol. The van der Waals surface area contributed by atoms with Crippen LogP contribution in [0.5, 0.6) is 0 Å². The molecule has 4 nitrogen and oxygen atoms in total. The highest BCUT2D eigenvalue weighted by atomic mass is 35.5. The van der Waals surface area contributed by atoms with E-state index < -0.39 is 10.6 Å². The van der Waals surface area contributed by atoms with Gasteiger partial charge in [-0.1, -0.05) is 29.8 Å². The van der Waals surface area contributed by atoms with Crippen molar-refractivity contribution < 1.29 is 15.2 Å². The second kappa shape index (κ2) is 7.05. The molecular weight excluding hydrogens is 349 g/mol. The van der Waals surface area contributed by atoms with Crippen LogP contribution in [0.15, 0.2) is 46.7 Å². The van der Waals surface area contributed by atoms with Crippen molar-refractivity contribution >= 4 is 23.2 Å². The van der Waals surface area contributed by atoms with Gasteiger partial charge in [-0.3, -0.25) is 0 Å². The second-order valence-electron chi connectivity index (χ2n) is 6.19. The lowest BCUT2D eigenvalue weighted by molar-refractivity contribution is -1.01. The van der Waals surface area contributed by atoms with Crippen molar-refractivity contribution in [1.29, 1.82) is 0 Å². The zero-order valence-corrected chi connectivity index (χ0v) is 14.6. The quantitative estimate of drug-likeness (QED) is 0.328. The molecule has 1 saturated carbocycles. The molecule has 0 radical (unpaired) electrons. The summed E-state index contributed by atoms with van der Waals surface area (Å²) in [6.07, 6.45) is 16.9. The van der Waals surface area contributed by atoms with E-state index in [0.29, 0.717) is 11.6 Å². The number of fused-ring (bicyclic) bond motifs is 1. The Labute approximate surface area is 151 Å². The van der Waals surface area contributed by atoms with Gasteiger partial charge in [0, 0.05) is 30.1 Å². The molecule has 3 aliphatic rings. The maximum Gasteiger partial charge on any atom is 0.161 e. The molecule has 0 aromatic carbocycles. The summed E-state index contributed by atoms with van der Waals surface area (Å²) in [5.74, 6) is 2.52. The first kappa shape index (κ1) is 17.8. The van der Waals surface area contributed by atoms with Crippen LogP contribution in [-0.2, 0) is 4.74 Å². The van der Waals surface area contributed by atoms with Crippen LogP contribution in [0.1, 0.15) is 19.3 Å². The first-order valence-electron chi connectivity index (χ1n) is 7.92. The number of hydrogen-bond donors (Lipinski definition) is 2. The van der Waals surface area contributed by atoms with Crippen LogP contribution >= 0.6 is 23.2 Å². The molecule has 0 aliphatic heterocycles.